The first-order valence-corrected chi connectivity index (χ1v) is 11.1. The van der Waals surface area contributed by atoms with E-state index in [1.807, 2.05) is 6.07 Å². The molecule has 2 N–H and O–H groups in total. The normalized spacial score (nSPS) is 14.3. The summed E-state index contributed by atoms with van der Waals surface area (Å²) in [6.45, 7) is 2.45. The lowest BCUT2D eigenvalue weighted by Gasteiger charge is -2.38. The number of fused-ring (bicyclic) bond motifs is 1. The van der Waals surface area contributed by atoms with Gasteiger partial charge < -0.3 is 14.8 Å². The molecule has 0 saturated heterocycles. The summed E-state index contributed by atoms with van der Waals surface area (Å²) in [4.78, 5) is 4.15. The van der Waals surface area contributed by atoms with Crippen LogP contribution in [0.5, 0.6) is 5.75 Å². The molecule has 1 unspecified atom stereocenters. The van der Waals surface area contributed by atoms with Gasteiger partial charge in [-0.1, -0.05) is 43.6 Å². The zero-order valence-electron chi connectivity index (χ0n) is 18.6. The molecular weight excluding hydrogens is 465 g/mol. The van der Waals surface area contributed by atoms with E-state index in [1.54, 1.807) is 68.6 Å². The molecule has 0 aliphatic rings. The van der Waals surface area contributed by atoms with Gasteiger partial charge in [-0.05, 0) is 65.4 Å². The van der Waals surface area contributed by atoms with Crippen molar-refractivity contribution in [2.45, 2.75) is 44.0 Å². The van der Waals surface area contributed by atoms with Crippen molar-refractivity contribution in [2.24, 2.45) is 0 Å². The second-order valence-corrected chi connectivity index (χ2v) is 9.62. The van der Waals surface area contributed by atoms with Crippen LogP contribution in [-0.2, 0) is 12.0 Å². The number of hydrogen-bond donors (Lipinski definition) is 2. The molecule has 4 nitrogen and oxygen atoms in total. The summed E-state index contributed by atoms with van der Waals surface area (Å²) >= 11 is 6.09. The van der Waals surface area contributed by atoms with Crippen molar-refractivity contribution in [3.05, 3.63) is 83.6 Å². The summed E-state index contributed by atoms with van der Waals surface area (Å²) in [6, 6.07) is 16.7. The van der Waals surface area contributed by atoms with Crippen LogP contribution in [-0.4, -0.2) is 31.5 Å². The summed E-state index contributed by atoms with van der Waals surface area (Å²) in [5.41, 5.74) is -1.50. The fourth-order valence-electron chi connectivity index (χ4n) is 4.44. The maximum atomic E-state index is 14.3. The zero-order chi connectivity index (χ0) is 24.7. The highest BCUT2D eigenvalue weighted by Crippen LogP contribution is 2.45. The van der Waals surface area contributed by atoms with E-state index in [0.29, 0.717) is 27.2 Å². The topological polar surface area (TPSA) is 58.3 Å². The number of halogens is 4. The maximum absolute atomic E-state index is 14.3. The third-order valence-corrected chi connectivity index (χ3v) is 6.35. The maximum Gasteiger partial charge on any atom is 0.418 e. The van der Waals surface area contributed by atoms with Crippen molar-refractivity contribution in [3.8, 4) is 16.9 Å². The van der Waals surface area contributed by atoms with Crippen molar-refractivity contribution in [3.63, 3.8) is 0 Å². The number of rotatable bonds is 6. The first-order valence-electron chi connectivity index (χ1n) is 10.7. The average Bonchev–Trinajstić information content (AvgIpc) is 3.15. The summed E-state index contributed by atoms with van der Waals surface area (Å²) < 4.78 is 44.2. The fourth-order valence-corrected chi connectivity index (χ4v) is 4.63. The molecule has 2 aromatic heterocycles. The van der Waals surface area contributed by atoms with E-state index in [2.05, 4.69) is 4.98 Å². The third kappa shape index (κ3) is 4.63. The van der Waals surface area contributed by atoms with E-state index in [-0.39, 0.29) is 5.75 Å². The summed E-state index contributed by atoms with van der Waals surface area (Å²) in [5.74, 6) is -0.143. The summed E-state index contributed by atoms with van der Waals surface area (Å²) in [7, 11) is 0. The highest BCUT2D eigenvalue weighted by molar-refractivity contribution is 6.30. The minimum Gasteiger partial charge on any atom is -0.508 e. The van der Waals surface area contributed by atoms with Gasteiger partial charge in [0.1, 0.15) is 5.75 Å². The van der Waals surface area contributed by atoms with E-state index in [0.717, 1.165) is 5.56 Å². The Labute approximate surface area is 200 Å². The second-order valence-electron chi connectivity index (χ2n) is 9.18. The molecule has 0 saturated carbocycles. The van der Waals surface area contributed by atoms with Crippen LogP contribution < -0.4 is 0 Å². The molecule has 4 aromatic rings. The number of benzene rings is 2. The quantitative estimate of drug-likeness (QED) is 0.316. The number of phenols is 1. The van der Waals surface area contributed by atoms with Crippen molar-refractivity contribution in [1.82, 2.24) is 9.55 Å². The van der Waals surface area contributed by atoms with Crippen LogP contribution in [0.4, 0.5) is 13.2 Å². The van der Waals surface area contributed by atoms with Crippen LogP contribution in [0.25, 0.3) is 22.2 Å². The Morgan fingerprint density at radius 1 is 0.971 bits per heavy atom. The first-order chi connectivity index (χ1) is 15.9. The Kier molecular flexibility index (Phi) is 6.12. The summed E-state index contributed by atoms with van der Waals surface area (Å²) in [6.07, 6.45) is -2.54. The SMILES string of the molecule is CC(C)(CC(O)(Cn1ccc2ncccc21)C(F)(F)F)c1cc(-c2cccc(Cl)c2)ccc1O. The number of hydrogen-bond acceptors (Lipinski definition) is 3. The summed E-state index contributed by atoms with van der Waals surface area (Å²) in [5, 5.41) is 22.1. The van der Waals surface area contributed by atoms with Gasteiger partial charge >= 0.3 is 6.18 Å². The van der Waals surface area contributed by atoms with Gasteiger partial charge in [0, 0.05) is 23.0 Å². The Bertz CT molecular complexity index is 1330. The van der Waals surface area contributed by atoms with Gasteiger partial charge in [0.25, 0.3) is 0 Å². The highest BCUT2D eigenvalue weighted by Gasteiger charge is 2.56. The predicted molar refractivity (Wildman–Crippen MR) is 127 cm³/mol. The van der Waals surface area contributed by atoms with Gasteiger partial charge in [-0.2, -0.15) is 13.2 Å². The molecule has 178 valence electrons. The van der Waals surface area contributed by atoms with Crippen LogP contribution in [0.2, 0.25) is 5.02 Å². The van der Waals surface area contributed by atoms with Crippen LogP contribution in [0.15, 0.2) is 73.1 Å². The number of aliphatic hydroxyl groups is 1. The lowest BCUT2D eigenvalue weighted by Crippen LogP contribution is -2.52. The largest absolute Gasteiger partial charge is 0.508 e. The Morgan fingerprint density at radius 3 is 2.41 bits per heavy atom. The molecule has 0 spiro atoms. The third-order valence-electron chi connectivity index (χ3n) is 6.12. The highest BCUT2D eigenvalue weighted by atomic mass is 35.5. The van der Waals surface area contributed by atoms with Crippen molar-refractivity contribution >= 4 is 22.6 Å². The fraction of sp³-hybridized carbons (Fsp3) is 0.269. The number of pyridine rings is 1. The van der Waals surface area contributed by atoms with Crippen molar-refractivity contribution < 1.29 is 23.4 Å². The van der Waals surface area contributed by atoms with Gasteiger partial charge in [0.2, 0.25) is 0 Å². The van der Waals surface area contributed by atoms with Crippen LogP contribution in [0.1, 0.15) is 25.8 Å². The molecular formula is C26H24ClF3N2O2. The van der Waals surface area contributed by atoms with Gasteiger partial charge in [0.05, 0.1) is 17.6 Å². The van der Waals surface area contributed by atoms with E-state index in [1.165, 1.54) is 16.8 Å². The second kappa shape index (κ2) is 8.64. The first kappa shape index (κ1) is 24.1. The minimum absolute atomic E-state index is 0.143. The lowest BCUT2D eigenvalue weighted by molar-refractivity contribution is -0.271. The smallest absolute Gasteiger partial charge is 0.418 e. The number of nitrogens with zero attached hydrogens (tertiary/aromatic N) is 2. The molecule has 1 atom stereocenters. The minimum atomic E-state index is -4.91. The van der Waals surface area contributed by atoms with E-state index in [9.17, 15) is 23.4 Å². The number of aromatic nitrogens is 2. The molecule has 0 aliphatic carbocycles. The van der Waals surface area contributed by atoms with Crippen LogP contribution >= 0.6 is 11.6 Å². The zero-order valence-corrected chi connectivity index (χ0v) is 19.4. The molecule has 2 aromatic carbocycles. The molecule has 34 heavy (non-hydrogen) atoms. The van der Waals surface area contributed by atoms with E-state index < -0.39 is 30.2 Å². The van der Waals surface area contributed by atoms with Gasteiger partial charge in [-0.3, -0.25) is 4.98 Å². The Balaban J connectivity index is 1.72. The Hall–Kier alpha value is -3.03. The molecule has 0 radical (unpaired) electrons. The van der Waals surface area contributed by atoms with Crippen LogP contribution in [0.3, 0.4) is 0 Å². The standard InChI is InChI=1S/C26H24ClF3N2O2/c1-24(2,20-14-18(8-9-23(20)33)17-5-3-6-19(27)13-17)15-25(34,26(28,29)30)16-32-12-10-21-22(32)7-4-11-31-21/h3-14,33-34H,15-16H2,1-2H3. The molecule has 0 fully saturated rings. The van der Waals surface area contributed by atoms with Crippen molar-refractivity contribution in [1.29, 1.82) is 0 Å². The van der Waals surface area contributed by atoms with E-state index in [4.69, 9.17) is 11.6 Å². The average molecular weight is 489 g/mol. The van der Waals surface area contributed by atoms with Gasteiger partial charge in [0.15, 0.2) is 5.60 Å². The van der Waals surface area contributed by atoms with Crippen molar-refractivity contribution in [2.75, 3.05) is 0 Å². The number of phenolic OH excluding ortho intramolecular Hbond substituents is 1. The van der Waals surface area contributed by atoms with Gasteiger partial charge in [-0.15, -0.1) is 0 Å². The van der Waals surface area contributed by atoms with Crippen LogP contribution in [0, 0.1) is 0 Å². The monoisotopic (exact) mass is 488 g/mol. The molecule has 2 heterocycles. The molecule has 0 aliphatic heterocycles. The molecule has 0 bridgehead atoms. The lowest BCUT2D eigenvalue weighted by atomic mass is 9.73. The molecule has 4 rings (SSSR count). The van der Waals surface area contributed by atoms with E-state index >= 15 is 0 Å². The molecule has 8 heteroatoms. The Morgan fingerprint density at radius 2 is 1.71 bits per heavy atom. The number of alkyl halides is 3. The number of aromatic hydroxyl groups is 1. The van der Waals surface area contributed by atoms with Gasteiger partial charge in [-0.25, -0.2) is 0 Å². The molecule has 0 amide bonds. The predicted octanol–water partition coefficient (Wildman–Crippen LogP) is 6.72.